The van der Waals surface area contributed by atoms with Crippen molar-refractivity contribution >= 4 is 16.7 Å². The number of hydrogen-bond acceptors (Lipinski definition) is 3. The fourth-order valence-corrected chi connectivity index (χ4v) is 2.46. The molecule has 0 atom stereocenters. The molecule has 5 heteroatoms. The minimum Gasteiger partial charge on any atom is -0.399 e. The molecule has 104 valence electrons. The number of hydrogen-bond donors (Lipinski definition) is 1. The molecule has 0 saturated heterocycles. The highest BCUT2D eigenvalue weighted by atomic mass is 15.1. The number of anilines is 1. The largest absolute Gasteiger partial charge is 0.399 e. The van der Waals surface area contributed by atoms with Gasteiger partial charge in [0.25, 0.3) is 0 Å². The van der Waals surface area contributed by atoms with Crippen LogP contribution in [0.5, 0.6) is 0 Å². The third kappa shape index (κ3) is 2.05. The second kappa shape index (κ2) is 4.67. The molecule has 1 aromatic carbocycles. The predicted molar refractivity (Wildman–Crippen MR) is 80.5 cm³/mol. The van der Waals surface area contributed by atoms with Crippen LogP contribution in [-0.2, 0) is 13.6 Å². The number of nitrogen functional groups attached to an aromatic ring is 1. The summed E-state index contributed by atoms with van der Waals surface area (Å²) in [6.07, 6.45) is 3.78. The Labute approximate surface area is 118 Å². The van der Waals surface area contributed by atoms with Crippen molar-refractivity contribution < 1.29 is 0 Å². The van der Waals surface area contributed by atoms with Crippen LogP contribution in [0, 0.1) is 0 Å². The van der Waals surface area contributed by atoms with Crippen molar-refractivity contribution in [3.8, 4) is 0 Å². The summed E-state index contributed by atoms with van der Waals surface area (Å²) < 4.78 is 4.26. The summed E-state index contributed by atoms with van der Waals surface area (Å²) in [5.74, 6) is 2.43. The van der Waals surface area contributed by atoms with E-state index in [2.05, 4.69) is 23.4 Å². The van der Waals surface area contributed by atoms with Crippen LogP contribution < -0.4 is 5.73 Å². The summed E-state index contributed by atoms with van der Waals surface area (Å²) in [6.45, 7) is 5.02. The van der Waals surface area contributed by atoms with Gasteiger partial charge in [-0.05, 0) is 18.2 Å². The van der Waals surface area contributed by atoms with Gasteiger partial charge in [0, 0.05) is 31.0 Å². The Bertz CT molecular complexity index is 751. The van der Waals surface area contributed by atoms with Crippen molar-refractivity contribution in [1.29, 1.82) is 0 Å². The fourth-order valence-electron chi connectivity index (χ4n) is 2.46. The van der Waals surface area contributed by atoms with E-state index in [4.69, 9.17) is 10.7 Å². The summed E-state index contributed by atoms with van der Waals surface area (Å²) in [4.78, 5) is 9.13. The maximum atomic E-state index is 5.85. The zero-order valence-corrected chi connectivity index (χ0v) is 12.0. The van der Waals surface area contributed by atoms with Gasteiger partial charge in [-0.3, -0.25) is 0 Å². The van der Waals surface area contributed by atoms with Crippen LogP contribution in [0.2, 0.25) is 0 Å². The molecule has 0 radical (unpaired) electrons. The molecule has 0 saturated carbocycles. The molecule has 0 aliphatic heterocycles. The van der Waals surface area contributed by atoms with E-state index < -0.39 is 0 Å². The van der Waals surface area contributed by atoms with E-state index in [-0.39, 0.29) is 0 Å². The Hall–Kier alpha value is -2.30. The predicted octanol–water partition coefficient (Wildman–Crippen LogP) is 2.52. The summed E-state index contributed by atoms with van der Waals surface area (Å²) in [6, 6.07) is 5.88. The lowest BCUT2D eigenvalue weighted by Gasteiger charge is -2.11. The molecule has 20 heavy (non-hydrogen) atoms. The van der Waals surface area contributed by atoms with Gasteiger partial charge in [0.1, 0.15) is 11.6 Å². The van der Waals surface area contributed by atoms with Crippen LogP contribution in [0.4, 0.5) is 5.69 Å². The normalized spacial score (nSPS) is 11.6. The number of rotatable bonds is 3. The lowest BCUT2D eigenvalue weighted by atomic mass is 10.2. The second-order valence-corrected chi connectivity index (χ2v) is 5.41. The number of benzene rings is 1. The highest BCUT2D eigenvalue weighted by Gasteiger charge is 2.15. The molecule has 0 amide bonds. The van der Waals surface area contributed by atoms with Crippen molar-refractivity contribution in [3.05, 3.63) is 42.2 Å². The van der Waals surface area contributed by atoms with E-state index >= 15 is 0 Å². The Morgan fingerprint density at radius 3 is 2.75 bits per heavy atom. The lowest BCUT2D eigenvalue weighted by Crippen LogP contribution is -2.10. The first-order valence-corrected chi connectivity index (χ1v) is 6.78. The van der Waals surface area contributed by atoms with E-state index in [1.807, 2.05) is 42.2 Å². The van der Waals surface area contributed by atoms with Gasteiger partial charge in [-0.25, -0.2) is 9.97 Å². The third-order valence-electron chi connectivity index (χ3n) is 3.54. The van der Waals surface area contributed by atoms with Gasteiger partial charge in [-0.1, -0.05) is 13.8 Å². The Morgan fingerprint density at radius 1 is 1.30 bits per heavy atom. The average molecular weight is 269 g/mol. The van der Waals surface area contributed by atoms with E-state index in [9.17, 15) is 0 Å². The highest BCUT2D eigenvalue weighted by Crippen LogP contribution is 2.24. The molecule has 0 aliphatic carbocycles. The number of imidazole rings is 2. The van der Waals surface area contributed by atoms with Crippen molar-refractivity contribution in [3.63, 3.8) is 0 Å². The Morgan fingerprint density at radius 2 is 2.10 bits per heavy atom. The average Bonchev–Trinajstić information content (AvgIpc) is 2.95. The van der Waals surface area contributed by atoms with Gasteiger partial charge in [-0.2, -0.15) is 0 Å². The monoisotopic (exact) mass is 269 g/mol. The molecule has 2 aromatic heterocycles. The molecule has 2 N–H and O–H groups in total. The van der Waals surface area contributed by atoms with E-state index in [1.54, 1.807) is 0 Å². The molecule has 0 spiro atoms. The maximum absolute atomic E-state index is 5.85. The van der Waals surface area contributed by atoms with Crippen molar-refractivity contribution in [2.24, 2.45) is 7.05 Å². The van der Waals surface area contributed by atoms with Crippen molar-refractivity contribution in [2.45, 2.75) is 26.3 Å². The van der Waals surface area contributed by atoms with Gasteiger partial charge in [-0.15, -0.1) is 0 Å². The minimum atomic E-state index is 0.351. The van der Waals surface area contributed by atoms with Gasteiger partial charge in [0.05, 0.1) is 17.6 Å². The number of fused-ring (bicyclic) bond motifs is 1. The van der Waals surface area contributed by atoms with E-state index in [0.717, 1.165) is 34.9 Å². The molecule has 0 fully saturated rings. The zero-order valence-electron chi connectivity index (χ0n) is 12.0. The lowest BCUT2D eigenvalue weighted by molar-refractivity contribution is 0.645. The molecule has 5 nitrogen and oxygen atoms in total. The molecule has 0 aliphatic rings. The van der Waals surface area contributed by atoms with Gasteiger partial charge in [0.2, 0.25) is 0 Å². The first-order chi connectivity index (χ1) is 9.56. The van der Waals surface area contributed by atoms with E-state index in [0.29, 0.717) is 5.92 Å². The number of aromatic nitrogens is 4. The maximum Gasteiger partial charge on any atom is 0.128 e. The molecule has 0 unspecified atom stereocenters. The van der Waals surface area contributed by atoms with Crippen LogP contribution >= 0.6 is 0 Å². The summed E-state index contributed by atoms with van der Waals surface area (Å²) in [5, 5.41) is 0. The molecule has 3 aromatic rings. The first kappa shape index (κ1) is 12.7. The van der Waals surface area contributed by atoms with Crippen LogP contribution in [0.15, 0.2) is 30.6 Å². The van der Waals surface area contributed by atoms with Crippen LogP contribution in [0.3, 0.4) is 0 Å². The Balaban J connectivity index is 2.16. The van der Waals surface area contributed by atoms with Crippen LogP contribution in [-0.4, -0.2) is 19.1 Å². The van der Waals surface area contributed by atoms with Gasteiger partial charge >= 0.3 is 0 Å². The first-order valence-electron chi connectivity index (χ1n) is 6.78. The smallest absolute Gasteiger partial charge is 0.128 e. The molecular weight excluding hydrogens is 250 g/mol. The number of nitrogens with two attached hydrogens (primary N) is 1. The second-order valence-electron chi connectivity index (χ2n) is 5.41. The molecule has 2 heterocycles. The highest BCUT2D eigenvalue weighted by molar-refractivity contribution is 5.79. The van der Waals surface area contributed by atoms with Gasteiger partial charge < -0.3 is 14.9 Å². The molecule has 3 rings (SSSR count). The standard InChI is InChI=1S/C15H19N5/c1-10(2)15-18-12-8-11(16)4-5-13(12)20(15)9-14-17-6-7-19(14)3/h4-8,10H,9,16H2,1-3H3. The van der Waals surface area contributed by atoms with E-state index in [1.165, 1.54) is 0 Å². The van der Waals surface area contributed by atoms with Crippen molar-refractivity contribution in [1.82, 2.24) is 19.1 Å². The summed E-state index contributed by atoms with van der Waals surface area (Å²) in [7, 11) is 2.01. The number of aryl methyl sites for hydroxylation is 1. The SMILES string of the molecule is CC(C)c1nc2cc(N)ccc2n1Cc1nccn1C. The van der Waals surface area contributed by atoms with Crippen LogP contribution in [0.25, 0.3) is 11.0 Å². The minimum absolute atomic E-state index is 0.351. The molecule has 0 bridgehead atoms. The number of nitrogens with zero attached hydrogens (tertiary/aromatic N) is 4. The zero-order chi connectivity index (χ0) is 14.3. The Kier molecular flexibility index (Phi) is 2.97. The quantitative estimate of drug-likeness (QED) is 0.743. The van der Waals surface area contributed by atoms with Crippen molar-refractivity contribution in [2.75, 3.05) is 5.73 Å². The topological polar surface area (TPSA) is 61.7 Å². The summed E-state index contributed by atoms with van der Waals surface area (Å²) in [5.41, 5.74) is 8.65. The van der Waals surface area contributed by atoms with Gasteiger partial charge in [0.15, 0.2) is 0 Å². The fraction of sp³-hybridized carbons (Fsp3) is 0.333. The summed E-state index contributed by atoms with van der Waals surface area (Å²) >= 11 is 0. The third-order valence-corrected chi connectivity index (χ3v) is 3.54. The van der Waals surface area contributed by atoms with Crippen LogP contribution in [0.1, 0.15) is 31.4 Å². The molecular formula is C15H19N5.